The number of likely N-dealkylation sites (N-methyl/N-ethyl adjacent to an activating group) is 1. The van der Waals surface area contributed by atoms with E-state index < -0.39 is 5.54 Å². The number of ketones is 1. The first-order valence-electron chi connectivity index (χ1n) is 6.96. The van der Waals surface area contributed by atoms with Crippen molar-refractivity contribution in [2.45, 2.75) is 46.6 Å². The number of hydrogen-bond acceptors (Lipinski definition) is 2. The van der Waals surface area contributed by atoms with Crippen LogP contribution in [-0.2, 0) is 0 Å². The summed E-state index contributed by atoms with van der Waals surface area (Å²) in [5.41, 5.74) is 1.24. The van der Waals surface area contributed by atoms with Gasteiger partial charge in [-0.1, -0.05) is 44.5 Å². The van der Waals surface area contributed by atoms with Gasteiger partial charge in [-0.05, 0) is 45.0 Å². The fraction of sp³-hybridized carbons (Fsp3) is 0.562. The topological polar surface area (TPSA) is 20.3 Å². The van der Waals surface area contributed by atoms with Gasteiger partial charge in [0.25, 0.3) is 0 Å². The molecule has 19 heavy (non-hydrogen) atoms. The molecular formula is C16H24ClNO. The molecule has 1 aromatic carbocycles. The van der Waals surface area contributed by atoms with Crippen LogP contribution in [0.5, 0.6) is 0 Å². The Bertz CT molecular complexity index is 454. The van der Waals surface area contributed by atoms with Gasteiger partial charge < -0.3 is 0 Å². The summed E-state index contributed by atoms with van der Waals surface area (Å²) in [5, 5.41) is 0.656. The van der Waals surface area contributed by atoms with Crippen molar-refractivity contribution in [2.75, 3.05) is 13.1 Å². The van der Waals surface area contributed by atoms with Gasteiger partial charge in [0, 0.05) is 10.6 Å². The number of benzene rings is 1. The maximum atomic E-state index is 12.8. The van der Waals surface area contributed by atoms with Gasteiger partial charge in [0.15, 0.2) is 5.78 Å². The molecular weight excluding hydrogens is 258 g/mol. The van der Waals surface area contributed by atoms with Crippen LogP contribution < -0.4 is 0 Å². The van der Waals surface area contributed by atoms with E-state index in [1.54, 1.807) is 6.07 Å². The summed E-state index contributed by atoms with van der Waals surface area (Å²) in [6.45, 7) is 11.9. The Kier molecular flexibility index (Phi) is 5.57. The average molecular weight is 282 g/mol. The standard InChI is InChI=1S/C16H24ClNO/c1-6-16(5,18(7-2)8-3)15(19)13-10-9-12(4)14(17)11-13/h9-11H,6-8H2,1-5H3. The second-order valence-corrected chi connectivity index (χ2v) is 5.50. The van der Waals surface area contributed by atoms with Crippen molar-refractivity contribution in [3.63, 3.8) is 0 Å². The minimum Gasteiger partial charge on any atom is -0.292 e. The molecule has 3 heteroatoms. The summed E-state index contributed by atoms with van der Waals surface area (Å²) in [4.78, 5) is 15.0. The zero-order valence-electron chi connectivity index (χ0n) is 12.6. The fourth-order valence-electron chi connectivity index (χ4n) is 2.49. The normalized spacial score (nSPS) is 14.5. The van der Waals surface area contributed by atoms with Gasteiger partial charge in [-0.3, -0.25) is 9.69 Å². The van der Waals surface area contributed by atoms with Gasteiger partial charge in [-0.25, -0.2) is 0 Å². The van der Waals surface area contributed by atoms with Crippen molar-refractivity contribution in [3.05, 3.63) is 34.3 Å². The third-order valence-corrected chi connectivity index (χ3v) is 4.48. The zero-order chi connectivity index (χ0) is 14.6. The van der Waals surface area contributed by atoms with Gasteiger partial charge in [-0.15, -0.1) is 0 Å². The van der Waals surface area contributed by atoms with E-state index in [9.17, 15) is 4.79 Å². The second kappa shape index (κ2) is 6.53. The molecule has 0 aromatic heterocycles. The summed E-state index contributed by atoms with van der Waals surface area (Å²) < 4.78 is 0. The third kappa shape index (κ3) is 3.18. The van der Waals surface area contributed by atoms with Gasteiger partial charge in [-0.2, -0.15) is 0 Å². The van der Waals surface area contributed by atoms with Crippen molar-refractivity contribution in [1.29, 1.82) is 0 Å². The molecule has 0 aliphatic heterocycles. The molecule has 1 unspecified atom stereocenters. The maximum Gasteiger partial charge on any atom is 0.182 e. The molecule has 1 atom stereocenters. The lowest BCUT2D eigenvalue weighted by Crippen LogP contribution is -2.51. The molecule has 1 aromatic rings. The highest BCUT2D eigenvalue weighted by atomic mass is 35.5. The van der Waals surface area contributed by atoms with E-state index in [-0.39, 0.29) is 5.78 Å². The monoisotopic (exact) mass is 281 g/mol. The fourth-order valence-corrected chi connectivity index (χ4v) is 2.67. The molecule has 0 bridgehead atoms. The maximum absolute atomic E-state index is 12.8. The molecule has 0 spiro atoms. The number of nitrogens with zero attached hydrogens (tertiary/aromatic N) is 1. The zero-order valence-corrected chi connectivity index (χ0v) is 13.3. The number of carbonyl (C=O) groups is 1. The van der Waals surface area contributed by atoms with Crippen LogP contribution in [0.15, 0.2) is 18.2 Å². The third-order valence-electron chi connectivity index (χ3n) is 4.07. The van der Waals surface area contributed by atoms with Crippen LogP contribution in [0.4, 0.5) is 0 Å². The van der Waals surface area contributed by atoms with Crippen LogP contribution in [0.1, 0.15) is 50.0 Å². The molecule has 0 amide bonds. The summed E-state index contributed by atoms with van der Waals surface area (Å²) in [5.74, 6) is 0.153. The predicted octanol–water partition coefficient (Wildman–Crippen LogP) is 4.34. The van der Waals surface area contributed by atoms with Crippen LogP contribution in [-0.4, -0.2) is 29.3 Å². The summed E-state index contributed by atoms with van der Waals surface area (Å²) in [6.07, 6.45) is 0.791. The lowest BCUT2D eigenvalue weighted by Gasteiger charge is -2.38. The van der Waals surface area contributed by atoms with Gasteiger partial charge in [0.05, 0.1) is 5.54 Å². The Morgan fingerprint density at radius 1 is 1.26 bits per heavy atom. The van der Waals surface area contributed by atoms with Crippen LogP contribution in [0.25, 0.3) is 0 Å². The van der Waals surface area contributed by atoms with E-state index in [2.05, 4.69) is 25.7 Å². The summed E-state index contributed by atoms with van der Waals surface area (Å²) in [6, 6.07) is 5.57. The van der Waals surface area contributed by atoms with Crippen LogP contribution in [0, 0.1) is 6.92 Å². The van der Waals surface area contributed by atoms with Crippen molar-refractivity contribution < 1.29 is 4.79 Å². The molecule has 0 aliphatic carbocycles. The molecule has 0 aliphatic rings. The largest absolute Gasteiger partial charge is 0.292 e. The van der Waals surface area contributed by atoms with E-state index >= 15 is 0 Å². The number of carbonyl (C=O) groups excluding carboxylic acids is 1. The highest BCUT2D eigenvalue weighted by Gasteiger charge is 2.36. The molecule has 0 fully saturated rings. The molecule has 1 rings (SSSR count). The van der Waals surface area contributed by atoms with E-state index in [1.807, 2.05) is 26.0 Å². The smallest absolute Gasteiger partial charge is 0.182 e. The Morgan fingerprint density at radius 3 is 2.26 bits per heavy atom. The number of Topliss-reactive ketones (excluding diaryl/α,β-unsaturated/α-hetero) is 1. The number of halogens is 1. The molecule has 0 heterocycles. The van der Waals surface area contributed by atoms with E-state index in [0.29, 0.717) is 10.6 Å². The predicted molar refractivity (Wildman–Crippen MR) is 82.1 cm³/mol. The second-order valence-electron chi connectivity index (χ2n) is 5.09. The lowest BCUT2D eigenvalue weighted by atomic mass is 9.86. The number of aryl methyl sites for hydroxylation is 1. The highest BCUT2D eigenvalue weighted by Crippen LogP contribution is 2.26. The summed E-state index contributed by atoms with van der Waals surface area (Å²) >= 11 is 6.13. The van der Waals surface area contributed by atoms with E-state index in [1.165, 1.54) is 0 Å². The van der Waals surface area contributed by atoms with Crippen molar-refractivity contribution >= 4 is 17.4 Å². The SMILES string of the molecule is CCN(CC)C(C)(CC)C(=O)c1ccc(C)c(Cl)c1. The van der Waals surface area contributed by atoms with Gasteiger partial charge in [0.1, 0.15) is 0 Å². The van der Waals surface area contributed by atoms with Crippen molar-refractivity contribution in [1.82, 2.24) is 4.90 Å². The first-order valence-corrected chi connectivity index (χ1v) is 7.34. The first kappa shape index (κ1) is 16.2. The summed E-state index contributed by atoms with van der Waals surface area (Å²) in [7, 11) is 0. The van der Waals surface area contributed by atoms with E-state index in [0.717, 1.165) is 25.1 Å². The lowest BCUT2D eigenvalue weighted by molar-refractivity contribution is 0.0608. The van der Waals surface area contributed by atoms with Crippen molar-refractivity contribution in [2.24, 2.45) is 0 Å². The minimum absolute atomic E-state index is 0.153. The number of hydrogen-bond donors (Lipinski definition) is 0. The average Bonchev–Trinajstić information content (AvgIpc) is 2.42. The molecule has 0 saturated heterocycles. The Balaban J connectivity index is 3.17. The Labute approximate surface area is 121 Å². The first-order chi connectivity index (χ1) is 8.90. The van der Waals surface area contributed by atoms with Crippen molar-refractivity contribution in [3.8, 4) is 0 Å². The molecule has 0 N–H and O–H groups in total. The Morgan fingerprint density at radius 2 is 1.84 bits per heavy atom. The van der Waals surface area contributed by atoms with Gasteiger partial charge in [0.2, 0.25) is 0 Å². The van der Waals surface area contributed by atoms with Crippen LogP contribution in [0.2, 0.25) is 5.02 Å². The molecule has 2 nitrogen and oxygen atoms in total. The van der Waals surface area contributed by atoms with Gasteiger partial charge >= 0.3 is 0 Å². The minimum atomic E-state index is -0.456. The molecule has 0 radical (unpaired) electrons. The Hall–Kier alpha value is -0.860. The van der Waals surface area contributed by atoms with E-state index in [4.69, 9.17) is 11.6 Å². The molecule has 0 saturated carbocycles. The van der Waals surface area contributed by atoms with Crippen LogP contribution >= 0.6 is 11.6 Å². The molecule has 106 valence electrons. The van der Waals surface area contributed by atoms with Crippen LogP contribution in [0.3, 0.4) is 0 Å². The quantitative estimate of drug-likeness (QED) is 0.723. The highest BCUT2D eigenvalue weighted by molar-refractivity contribution is 6.31. The number of rotatable bonds is 6.